The first-order valence-corrected chi connectivity index (χ1v) is 10.7. The Morgan fingerprint density at radius 2 is 2.13 bits per heavy atom. The molecule has 0 bridgehead atoms. The Labute approximate surface area is 186 Å². The van der Waals surface area contributed by atoms with Gasteiger partial charge in [0.05, 0.1) is 25.1 Å². The number of hydrogen-bond donors (Lipinski definition) is 2. The Morgan fingerprint density at radius 3 is 2.94 bits per heavy atom. The number of fused-ring (bicyclic) bond motifs is 1. The van der Waals surface area contributed by atoms with Crippen molar-refractivity contribution >= 4 is 29.0 Å². The molecule has 2 N–H and O–H groups in total. The zero-order chi connectivity index (χ0) is 21.8. The number of carbonyl (C=O) groups is 1. The fraction of sp³-hybridized carbons (Fsp3) is 0.391. The summed E-state index contributed by atoms with van der Waals surface area (Å²) in [5.41, 5.74) is 1.89. The van der Waals surface area contributed by atoms with E-state index >= 15 is 0 Å². The maximum absolute atomic E-state index is 14.2. The van der Waals surface area contributed by atoms with Gasteiger partial charge in [0, 0.05) is 43.0 Å². The number of aliphatic imine (C=N–C) groups is 1. The zero-order valence-corrected chi connectivity index (χ0v) is 18.2. The van der Waals surface area contributed by atoms with Crippen LogP contribution >= 0.6 is 11.6 Å². The first-order chi connectivity index (χ1) is 15.0. The first-order valence-electron chi connectivity index (χ1n) is 10.4. The van der Waals surface area contributed by atoms with Gasteiger partial charge in [-0.25, -0.2) is 4.39 Å². The summed E-state index contributed by atoms with van der Waals surface area (Å²) in [6.45, 7) is 2.69. The van der Waals surface area contributed by atoms with E-state index in [1.165, 1.54) is 12.1 Å². The van der Waals surface area contributed by atoms with Gasteiger partial charge in [0.2, 0.25) is 5.91 Å². The van der Waals surface area contributed by atoms with E-state index in [0.29, 0.717) is 39.2 Å². The minimum Gasteiger partial charge on any atom is -0.383 e. The molecule has 1 fully saturated rings. The van der Waals surface area contributed by atoms with E-state index in [9.17, 15) is 9.18 Å². The first kappa shape index (κ1) is 21.7. The second-order valence-electron chi connectivity index (χ2n) is 7.88. The number of nitrogens with one attached hydrogen (secondary N) is 2. The average molecular weight is 445 g/mol. The molecule has 1 spiro atoms. The van der Waals surface area contributed by atoms with Crippen molar-refractivity contribution < 1.29 is 13.9 Å². The smallest absolute Gasteiger partial charge is 0.227 e. The Hall–Kier alpha value is -2.48. The highest BCUT2D eigenvalue weighted by Gasteiger charge is 2.45. The lowest BCUT2D eigenvalue weighted by Crippen LogP contribution is -2.55. The van der Waals surface area contributed by atoms with Crippen LogP contribution in [0.5, 0.6) is 0 Å². The predicted molar refractivity (Wildman–Crippen MR) is 120 cm³/mol. The van der Waals surface area contributed by atoms with Crippen molar-refractivity contribution in [3.63, 3.8) is 0 Å². The van der Waals surface area contributed by atoms with Gasteiger partial charge in [-0.2, -0.15) is 0 Å². The minimum absolute atomic E-state index is 0.0641. The van der Waals surface area contributed by atoms with Crippen molar-refractivity contribution in [3.8, 4) is 0 Å². The molecule has 2 heterocycles. The highest BCUT2D eigenvalue weighted by Crippen LogP contribution is 2.30. The van der Waals surface area contributed by atoms with Gasteiger partial charge >= 0.3 is 0 Å². The molecule has 8 heteroatoms. The Balaban J connectivity index is 1.56. The van der Waals surface area contributed by atoms with E-state index in [1.807, 2.05) is 18.2 Å². The third-order valence-corrected chi connectivity index (χ3v) is 6.27. The van der Waals surface area contributed by atoms with Crippen LogP contribution in [0.15, 0.2) is 47.5 Å². The third kappa shape index (κ3) is 4.59. The summed E-state index contributed by atoms with van der Waals surface area (Å²) in [5, 5.41) is 7.40. The number of likely N-dealkylation sites (tertiary alicyclic amines) is 1. The Bertz CT molecular complexity index is 979. The van der Waals surface area contributed by atoms with Crippen molar-refractivity contribution in [2.75, 3.05) is 38.7 Å². The largest absolute Gasteiger partial charge is 0.383 e. The molecule has 6 nitrogen and oxygen atoms in total. The van der Waals surface area contributed by atoms with Crippen LogP contribution in [0.4, 0.5) is 10.1 Å². The molecular formula is C23H26ClFN4O2. The number of rotatable bonds is 5. The van der Waals surface area contributed by atoms with Gasteiger partial charge in [0.25, 0.3) is 0 Å². The molecule has 164 valence electrons. The van der Waals surface area contributed by atoms with Crippen LogP contribution in [-0.2, 0) is 22.5 Å². The summed E-state index contributed by atoms with van der Waals surface area (Å²) in [6, 6.07) is 12.6. The number of amides is 1. The van der Waals surface area contributed by atoms with Crippen LogP contribution in [0.2, 0.25) is 5.02 Å². The summed E-state index contributed by atoms with van der Waals surface area (Å²) in [5.74, 6) is 0.193. The number of halogens is 2. The van der Waals surface area contributed by atoms with E-state index in [0.717, 1.165) is 17.1 Å². The lowest BCUT2D eigenvalue weighted by Gasteiger charge is -2.30. The van der Waals surface area contributed by atoms with Gasteiger partial charge in [-0.1, -0.05) is 35.9 Å². The number of benzene rings is 2. The van der Waals surface area contributed by atoms with Crippen LogP contribution in [0, 0.1) is 5.82 Å². The van der Waals surface area contributed by atoms with Crippen LogP contribution < -0.4 is 10.6 Å². The second kappa shape index (κ2) is 9.34. The fourth-order valence-corrected chi connectivity index (χ4v) is 4.39. The highest BCUT2D eigenvalue weighted by atomic mass is 35.5. The molecule has 2 aliphatic rings. The number of anilines is 1. The molecule has 2 aromatic carbocycles. The number of ether oxygens (including phenoxy) is 1. The maximum atomic E-state index is 14.2. The molecule has 0 aromatic heterocycles. The van der Waals surface area contributed by atoms with E-state index in [4.69, 9.17) is 21.3 Å². The molecule has 0 saturated carbocycles. The van der Waals surface area contributed by atoms with E-state index in [2.05, 4.69) is 16.7 Å². The van der Waals surface area contributed by atoms with Crippen molar-refractivity contribution in [1.82, 2.24) is 10.2 Å². The maximum Gasteiger partial charge on any atom is 0.227 e. The molecule has 31 heavy (non-hydrogen) atoms. The molecule has 2 aromatic rings. The summed E-state index contributed by atoms with van der Waals surface area (Å²) >= 11 is 6.13. The second-order valence-corrected chi connectivity index (χ2v) is 8.29. The number of methoxy groups -OCH3 is 1. The minimum atomic E-state index is -0.499. The van der Waals surface area contributed by atoms with Gasteiger partial charge in [-0.3, -0.25) is 15.1 Å². The van der Waals surface area contributed by atoms with Crippen molar-refractivity contribution in [2.45, 2.75) is 24.9 Å². The van der Waals surface area contributed by atoms with E-state index < -0.39 is 11.4 Å². The molecule has 1 atom stereocenters. The number of amidine groups is 1. The highest BCUT2D eigenvalue weighted by molar-refractivity contribution is 6.31. The molecule has 4 rings (SSSR count). The number of hydrogen-bond acceptors (Lipinski definition) is 4. The van der Waals surface area contributed by atoms with E-state index in [-0.39, 0.29) is 22.9 Å². The standard InChI is InChI=1S/C23H26ClFN4O2/c1-31-12-10-26-22-23(27-14-16-5-2-3-8-20(16)28-22)9-11-29(15-23)21(30)13-17-18(24)6-4-7-19(17)25/h2-8,27H,9-15H2,1H3,(H,26,28)/t23-/m0/s1. The average Bonchev–Trinajstić information content (AvgIpc) is 3.14. The third-order valence-electron chi connectivity index (χ3n) is 5.92. The van der Waals surface area contributed by atoms with Gasteiger partial charge in [-0.15, -0.1) is 0 Å². The van der Waals surface area contributed by atoms with Crippen molar-refractivity contribution in [2.24, 2.45) is 4.99 Å². The quantitative estimate of drug-likeness (QED) is 0.695. The van der Waals surface area contributed by atoms with Crippen molar-refractivity contribution in [3.05, 3.63) is 64.4 Å². The normalized spacial score (nSPS) is 21.8. The monoisotopic (exact) mass is 444 g/mol. The number of para-hydroxylation sites is 1. The van der Waals surface area contributed by atoms with Crippen LogP contribution in [-0.4, -0.2) is 55.5 Å². The number of carbonyl (C=O) groups excluding carboxylic acids is 1. The molecule has 0 aliphatic carbocycles. The van der Waals surface area contributed by atoms with Crippen LogP contribution in [0.25, 0.3) is 0 Å². The van der Waals surface area contributed by atoms with Gasteiger partial charge < -0.3 is 15.0 Å². The lowest BCUT2D eigenvalue weighted by atomic mass is 9.96. The summed E-state index contributed by atoms with van der Waals surface area (Å²) in [7, 11) is 1.65. The fourth-order valence-electron chi connectivity index (χ4n) is 4.16. The Morgan fingerprint density at radius 1 is 1.29 bits per heavy atom. The molecular weight excluding hydrogens is 419 g/mol. The lowest BCUT2D eigenvalue weighted by molar-refractivity contribution is -0.129. The topological polar surface area (TPSA) is 66.0 Å². The molecule has 1 amide bonds. The van der Waals surface area contributed by atoms with Gasteiger partial charge in [-0.05, 0) is 30.2 Å². The molecule has 0 unspecified atom stereocenters. The Kier molecular flexibility index (Phi) is 6.55. The van der Waals surface area contributed by atoms with E-state index in [1.54, 1.807) is 18.1 Å². The zero-order valence-electron chi connectivity index (χ0n) is 17.5. The van der Waals surface area contributed by atoms with Crippen LogP contribution in [0.3, 0.4) is 0 Å². The summed E-state index contributed by atoms with van der Waals surface area (Å²) in [4.78, 5) is 19.5. The molecule has 1 saturated heterocycles. The predicted octanol–water partition coefficient (Wildman–Crippen LogP) is 3.25. The molecule has 2 aliphatic heterocycles. The summed E-state index contributed by atoms with van der Waals surface area (Å²) < 4.78 is 19.3. The van der Waals surface area contributed by atoms with Gasteiger partial charge in [0.1, 0.15) is 11.7 Å². The molecule has 0 radical (unpaired) electrons. The number of nitrogens with zero attached hydrogens (tertiary/aromatic N) is 2. The SMILES string of the molecule is COCCN=C1Nc2ccccc2CN[C@]12CCN(C(=O)Cc1c(F)cccc1Cl)C2. The van der Waals surface area contributed by atoms with Crippen LogP contribution in [0.1, 0.15) is 17.5 Å². The van der Waals surface area contributed by atoms with Crippen molar-refractivity contribution in [1.29, 1.82) is 0 Å². The summed E-state index contributed by atoms with van der Waals surface area (Å²) in [6.07, 6.45) is 0.641. The van der Waals surface area contributed by atoms with Gasteiger partial charge in [0.15, 0.2) is 0 Å².